The molecule has 1 N–H and O–H groups in total. The zero-order valence-electron chi connectivity index (χ0n) is 15.1. The van der Waals surface area contributed by atoms with Crippen LogP contribution in [0, 0.1) is 11.3 Å². The summed E-state index contributed by atoms with van der Waals surface area (Å²) in [6.45, 7) is 7.42. The molecule has 0 aliphatic carbocycles. The molecule has 2 unspecified atom stereocenters. The van der Waals surface area contributed by atoms with Gasteiger partial charge in [0, 0.05) is 42.7 Å². The predicted molar refractivity (Wildman–Crippen MR) is 105 cm³/mol. The second-order valence-corrected chi connectivity index (χ2v) is 10.7. The van der Waals surface area contributed by atoms with E-state index in [9.17, 15) is 9.59 Å². The number of piperidine rings is 1. The summed E-state index contributed by atoms with van der Waals surface area (Å²) in [4.78, 5) is 26.7. The highest BCUT2D eigenvalue weighted by Gasteiger charge is 2.45. The number of carbonyl (C=O) groups excluding carboxylic acids is 1. The highest BCUT2D eigenvalue weighted by atomic mass is 35.6. The van der Waals surface area contributed by atoms with Gasteiger partial charge in [-0.05, 0) is 18.4 Å². The Bertz CT molecular complexity index is 751. The van der Waals surface area contributed by atoms with Crippen LogP contribution in [-0.2, 0) is 11.3 Å². The monoisotopic (exact) mass is 419 g/mol. The molecule has 2 bridgehead atoms. The van der Waals surface area contributed by atoms with Gasteiger partial charge in [0.1, 0.15) is 6.17 Å². The van der Waals surface area contributed by atoms with Crippen LogP contribution in [0.5, 0.6) is 0 Å². The molecule has 1 saturated heterocycles. The molecule has 2 aliphatic rings. The average molecular weight is 421 g/mol. The van der Waals surface area contributed by atoms with E-state index in [4.69, 9.17) is 34.8 Å². The zero-order chi connectivity index (χ0) is 19.3. The van der Waals surface area contributed by atoms with Gasteiger partial charge < -0.3 is 9.88 Å². The zero-order valence-corrected chi connectivity index (χ0v) is 17.4. The van der Waals surface area contributed by atoms with Gasteiger partial charge in [-0.25, -0.2) is 0 Å². The van der Waals surface area contributed by atoms with Crippen molar-refractivity contribution in [3.63, 3.8) is 0 Å². The number of pyridine rings is 1. The molecule has 1 aromatic rings. The lowest BCUT2D eigenvalue weighted by Crippen LogP contribution is -2.61. The van der Waals surface area contributed by atoms with Crippen LogP contribution in [0.25, 0.3) is 0 Å². The lowest BCUT2D eigenvalue weighted by atomic mass is 9.83. The Balaban J connectivity index is 1.87. The van der Waals surface area contributed by atoms with E-state index < -0.39 is 15.4 Å². The standard InChI is InChI=1S/C18H24Cl3N3O2/c1-17(2,3)16(26)22-15(18(19,20)21)23-8-11-7-12(10-23)13-5-4-6-14(25)24(13)9-11/h4-6,11-12,15H,7-10H2,1-3H3,(H,22,26)/t11?,12-,15?/m0/s1. The second kappa shape index (κ2) is 7.01. The fourth-order valence-corrected chi connectivity index (χ4v) is 4.44. The summed E-state index contributed by atoms with van der Waals surface area (Å²) in [5.74, 6) is 0.293. The average Bonchev–Trinajstić information content (AvgIpc) is 2.51. The van der Waals surface area contributed by atoms with Crippen LogP contribution in [0.2, 0.25) is 0 Å². The van der Waals surface area contributed by atoms with Gasteiger partial charge in [0.25, 0.3) is 5.56 Å². The first-order valence-corrected chi connectivity index (χ1v) is 9.91. The molecule has 26 heavy (non-hydrogen) atoms. The third-order valence-corrected chi connectivity index (χ3v) is 5.75. The van der Waals surface area contributed by atoms with Gasteiger partial charge in [-0.2, -0.15) is 0 Å². The first-order valence-electron chi connectivity index (χ1n) is 8.78. The largest absolute Gasteiger partial charge is 0.336 e. The summed E-state index contributed by atoms with van der Waals surface area (Å²) in [5, 5.41) is 2.91. The Morgan fingerprint density at radius 3 is 2.50 bits per heavy atom. The Hall–Kier alpha value is -0.750. The minimum absolute atomic E-state index is 0.0320. The fourth-order valence-electron chi connectivity index (χ4n) is 3.87. The predicted octanol–water partition coefficient (Wildman–Crippen LogP) is 3.13. The molecule has 8 heteroatoms. The van der Waals surface area contributed by atoms with Crippen LogP contribution in [0.1, 0.15) is 38.8 Å². The highest BCUT2D eigenvalue weighted by Crippen LogP contribution is 2.40. The van der Waals surface area contributed by atoms with Gasteiger partial charge in [0.05, 0.1) is 0 Å². The number of halogens is 3. The Labute approximate surface area is 168 Å². The van der Waals surface area contributed by atoms with E-state index in [1.807, 2.05) is 36.3 Å². The Kier molecular flexibility index (Phi) is 5.39. The molecular weight excluding hydrogens is 397 g/mol. The number of likely N-dealkylation sites (tertiary alicyclic amines) is 1. The van der Waals surface area contributed by atoms with Crippen molar-refractivity contribution in [2.45, 2.75) is 49.6 Å². The molecule has 144 valence electrons. The van der Waals surface area contributed by atoms with Gasteiger partial charge in [0.15, 0.2) is 0 Å². The molecule has 3 heterocycles. The summed E-state index contributed by atoms with van der Waals surface area (Å²) < 4.78 is 0.206. The minimum Gasteiger partial charge on any atom is -0.336 e. The van der Waals surface area contributed by atoms with E-state index in [0.29, 0.717) is 19.6 Å². The normalized spacial score (nSPS) is 24.7. The molecule has 3 atom stereocenters. The highest BCUT2D eigenvalue weighted by molar-refractivity contribution is 6.68. The number of amides is 1. The molecule has 3 rings (SSSR count). The van der Waals surface area contributed by atoms with Crippen LogP contribution in [0.15, 0.2) is 23.0 Å². The van der Waals surface area contributed by atoms with Crippen LogP contribution in [0.4, 0.5) is 0 Å². The molecule has 1 amide bonds. The molecule has 5 nitrogen and oxygen atoms in total. The van der Waals surface area contributed by atoms with Crippen LogP contribution < -0.4 is 10.9 Å². The third-order valence-electron chi connectivity index (χ3n) is 5.13. The molecule has 0 spiro atoms. The van der Waals surface area contributed by atoms with E-state index in [1.54, 1.807) is 12.1 Å². The maximum absolute atomic E-state index is 12.5. The van der Waals surface area contributed by atoms with Crippen molar-refractivity contribution in [3.8, 4) is 0 Å². The molecule has 2 aliphatic heterocycles. The van der Waals surface area contributed by atoms with Crippen LogP contribution in [0.3, 0.4) is 0 Å². The smallest absolute Gasteiger partial charge is 0.250 e. The number of carbonyl (C=O) groups is 1. The fraction of sp³-hybridized carbons (Fsp3) is 0.667. The quantitative estimate of drug-likeness (QED) is 0.748. The Morgan fingerprint density at radius 2 is 1.88 bits per heavy atom. The number of aromatic nitrogens is 1. The maximum Gasteiger partial charge on any atom is 0.250 e. The van der Waals surface area contributed by atoms with Crippen molar-refractivity contribution in [2.75, 3.05) is 13.1 Å². The van der Waals surface area contributed by atoms with Crippen molar-refractivity contribution in [2.24, 2.45) is 11.3 Å². The van der Waals surface area contributed by atoms with E-state index in [-0.39, 0.29) is 23.3 Å². The topological polar surface area (TPSA) is 54.3 Å². The van der Waals surface area contributed by atoms with Crippen molar-refractivity contribution in [3.05, 3.63) is 34.2 Å². The van der Waals surface area contributed by atoms with Gasteiger partial charge in [-0.1, -0.05) is 61.6 Å². The first kappa shape index (κ1) is 20.0. The first-order chi connectivity index (χ1) is 12.0. The molecule has 0 saturated carbocycles. The molecule has 1 aromatic heterocycles. The summed E-state index contributed by atoms with van der Waals surface area (Å²) in [6.07, 6.45) is 0.284. The number of nitrogens with one attached hydrogen (secondary N) is 1. The SMILES string of the molecule is CC(C)(C)C(=O)NC(N1CC2C[C@@H](C1)c1cccc(=O)n1C2)C(Cl)(Cl)Cl. The lowest BCUT2D eigenvalue weighted by molar-refractivity contribution is -0.131. The summed E-state index contributed by atoms with van der Waals surface area (Å²) in [6, 6.07) is 5.38. The van der Waals surface area contributed by atoms with E-state index in [0.717, 1.165) is 12.1 Å². The third kappa shape index (κ3) is 4.06. The summed E-state index contributed by atoms with van der Waals surface area (Å²) >= 11 is 18.7. The number of hydrogen-bond donors (Lipinski definition) is 1. The van der Waals surface area contributed by atoms with Gasteiger partial charge in [-0.3, -0.25) is 14.5 Å². The molecule has 1 fully saturated rings. The van der Waals surface area contributed by atoms with Crippen molar-refractivity contribution >= 4 is 40.7 Å². The van der Waals surface area contributed by atoms with E-state index >= 15 is 0 Å². The number of rotatable bonds is 2. The van der Waals surface area contributed by atoms with Gasteiger partial charge >= 0.3 is 0 Å². The number of fused-ring (bicyclic) bond motifs is 4. The van der Waals surface area contributed by atoms with Crippen molar-refractivity contribution in [1.82, 2.24) is 14.8 Å². The second-order valence-electron chi connectivity index (χ2n) is 8.32. The van der Waals surface area contributed by atoms with E-state index in [1.165, 1.54) is 0 Å². The molecular formula is C18H24Cl3N3O2. The van der Waals surface area contributed by atoms with Crippen LogP contribution in [-0.4, -0.2) is 38.4 Å². The Morgan fingerprint density at radius 1 is 1.19 bits per heavy atom. The van der Waals surface area contributed by atoms with Gasteiger partial charge in [0.2, 0.25) is 9.70 Å². The number of hydrogen-bond acceptors (Lipinski definition) is 3. The molecule has 0 aromatic carbocycles. The maximum atomic E-state index is 12.5. The van der Waals surface area contributed by atoms with Crippen molar-refractivity contribution in [1.29, 1.82) is 0 Å². The van der Waals surface area contributed by atoms with Crippen LogP contribution >= 0.6 is 34.8 Å². The number of alkyl halides is 3. The lowest BCUT2D eigenvalue weighted by Gasteiger charge is -2.47. The summed E-state index contributed by atoms with van der Waals surface area (Å²) in [7, 11) is 0. The minimum atomic E-state index is -1.65. The van der Waals surface area contributed by atoms with Crippen molar-refractivity contribution < 1.29 is 4.79 Å². The van der Waals surface area contributed by atoms with E-state index in [2.05, 4.69) is 5.32 Å². The number of nitrogens with zero attached hydrogens (tertiary/aromatic N) is 2. The summed E-state index contributed by atoms with van der Waals surface area (Å²) in [5.41, 5.74) is 0.466. The molecule has 0 radical (unpaired) electrons. The van der Waals surface area contributed by atoms with Gasteiger partial charge in [-0.15, -0.1) is 0 Å².